The second-order valence-corrected chi connectivity index (χ2v) is 8.18. The summed E-state index contributed by atoms with van der Waals surface area (Å²) in [5, 5.41) is 0. The smallest absolute Gasteiger partial charge is 0.377 e. The Bertz CT molecular complexity index is 149. The molecular weight excluding hydrogens is 284 g/mol. The molecule has 0 aromatic rings. The lowest BCUT2D eigenvalue weighted by atomic mass is 10.9. The van der Waals surface area contributed by atoms with Gasteiger partial charge in [0.15, 0.2) is 0 Å². The molecule has 0 rings (SSSR count). The second kappa shape index (κ2) is 14.6. The van der Waals surface area contributed by atoms with E-state index in [9.17, 15) is 0 Å². The highest BCUT2D eigenvalue weighted by atomic mass is 28.4. The number of hydrogen-bond acceptors (Lipinski definition) is 6. The van der Waals surface area contributed by atoms with Gasteiger partial charge in [-0.15, -0.1) is 0 Å². The van der Waals surface area contributed by atoms with Crippen molar-refractivity contribution >= 4 is 18.3 Å². The van der Waals surface area contributed by atoms with Crippen molar-refractivity contribution in [3.63, 3.8) is 0 Å². The molecule has 0 unspecified atom stereocenters. The predicted octanol–water partition coefficient (Wildman–Crippen LogP) is 1.70. The molecule has 0 bridgehead atoms. The van der Waals surface area contributed by atoms with E-state index >= 15 is 0 Å². The van der Waals surface area contributed by atoms with Gasteiger partial charge in [0.25, 0.3) is 0 Å². The Morgan fingerprint density at radius 1 is 0.684 bits per heavy atom. The van der Waals surface area contributed by atoms with Crippen LogP contribution in [0.4, 0.5) is 0 Å². The van der Waals surface area contributed by atoms with Crippen LogP contribution < -0.4 is 0 Å². The van der Waals surface area contributed by atoms with Crippen LogP contribution in [0.5, 0.6) is 0 Å². The van der Waals surface area contributed by atoms with Crippen LogP contribution >= 0.6 is 0 Å². The highest BCUT2D eigenvalue weighted by Gasteiger charge is 2.34. The summed E-state index contributed by atoms with van der Waals surface area (Å²) >= 11 is 0. The first-order valence-corrected chi connectivity index (χ1v) is 9.94. The first-order chi connectivity index (χ1) is 9.09. The molecular formula is C11H30O6Si2. The average Bonchev–Trinajstić information content (AvgIpc) is 2.44. The van der Waals surface area contributed by atoms with Crippen molar-refractivity contribution < 1.29 is 26.6 Å². The summed E-state index contributed by atoms with van der Waals surface area (Å²) in [4.78, 5) is 0. The van der Waals surface area contributed by atoms with Gasteiger partial charge in [0.1, 0.15) is 0 Å². The molecule has 0 N–H and O–H groups in total. The van der Waals surface area contributed by atoms with Gasteiger partial charge in [0, 0.05) is 47.2 Å². The van der Waals surface area contributed by atoms with Gasteiger partial charge in [-0.05, 0) is 20.8 Å². The predicted molar refractivity (Wildman–Crippen MR) is 79.3 cm³/mol. The Morgan fingerprint density at radius 3 is 1.11 bits per heavy atom. The van der Waals surface area contributed by atoms with Crippen LogP contribution in [0, 0.1) is 0 Å². The van der Waals surface area contributed by atoms with Gasteiger partial charge in [0.2, 0.25) is 0 Å². The van der Waals surface area contributed by atoms with Gasteiger partial charge in [-0.3, -0.25) is 0 Å². The first-order valence-electron chi connectivity index (χ1n) is 6.59. The van der Waals surface area contributed by atoms with Crippen molar-refractivity contribution in [1.29, 1.82) is 0 Å². The molecule has 0 heterocycles. The monoisotopic (exact) mass is 314 g/mol. The third kappa shape index (κ3) is 10.6. The highest BCUT2D eigenvalue weighted by molar-refractivity contribution is 6.60. The average molecular weight is 315 g/mol. The van der Waals surface area contributed by atoms with E-state index in [0.717, 1.165) is 6.04 Å². The van der Waals surface area contributed by atoms with Crippen LogP contribution in [-0.4, -0.2) is 59.5 Å². The maximum Gasteiger partial charge on any atom is 0.499 e. The fourth-order valence-corrected chi connectivity index (χ4v) is 3.71. The fraction of sp³-hybridized carbons (Fsp3) is 1.00. The molecule has 0 saturated heterocycles. The maximum atomic E-state index is 5.22. The zero-order chi connectivity index (χ0) is 15.1. The van der Waals surface area contributed by atoms with Crippen molar-refractivity contribution in [3.8, 4) is 0 Å². The molecule has 0 aromatic carbocycles. The van der Waals surface area contributed by atoms with E-state index in [1.165, 1.54) is 0 Å². The normalized spacial score (nSPS) is 11.4. The van der Waals surface area contributed by atoms with E-state index in [-0.39, 0.29) is 0 Å². The van der Waals surface area contributed by atoms with Crippen molar-refractivity contribution in [2.24, 2.45) is 0 Å². The summed E-state index contributed by atoms with van der Waals surface area (Å²) in [6, 6.07) is 0.816. The number of rotatable bonds is 10. The van der Waals surface area contributed by atoms with Crippen LogP contribution in [0.1, 0.15) is 27.7 Å². The molecule has 19 heavy (non-hydrogen) atoms. The lowest BCUT2D eigenvalue weighted by Crippen LogP contribution is -2.41. The summed E-state index contributed by atoms with van der Waals surface area (Å²) in [5.74, 6) is 0. The summed E-state index contributed by atoms with van der Waals surface area (Å²) in [6.45, 7) is 9.85. The Morgan fingerprint density at radius 2 is 1.00 bits per heavy atom. The van der Waals surface area contributed by atoms with Crippen molar-refractivity contribution in [1.82, 2.24) is 0 Å². The molecule has 8 heteroatoms. The first kappa shape index (κ1) is 21.5. The standard InChI is InChI=1S/C6H16O3Si.C5H14O3Si/c1-4-7-10(8-5-2)9-6-3;1-5-9(6-2,7-3)8-4/h10H,4-6H2,1-3H3;5H2,1-4H3. The van der Waals surface area contributed by atoms with Gasteiger partial charge in [-0.25, -0.2) is 0 Å². The Hall–Kier alpha value is 0.194. The minimum Gasteiger partial charge on any atom is -0.377 e. The van der Waals surface area contributed by atoms with Crippen LogP contribution in [0.25, 0.3) is 0 Å². The molecule has 0 spiro atoms. The zero-order valence-corrected chi connectivity index (χ0v) is 15.5. The van der Waals surface area contributed by atoms with Crippen LogP contribution in [0.15, 0.2) is 0 Å². The lowest BCUT2D eigenvalue weighted by molar-refractivity contribution is 0.107. The van der Waals surface area contributed by atoms with Gasteiger partial charge in [0.05, 0.1) is 0 Å². The Kier molecular flexibility index (Phi) is 16.5. The van der Waals surface area contributed by atoms with Gasteiger partial charge in [-0.2, -0.15) is 0 Å². The lowest BCUT2D eigenvalue weighted by Gasteiger charge is -2.22. The topological polar surface area (TPSA) is 55.4 Å². The quantitative estimate of drug-likeness (QED) is 0.572. The highest BCUT2D eigenvalue weighted by Crippen LogP contribution is 2.10. The minimum atomic E-state index is -2.19. The van der Waals surface area contributed by atoms with E-state index in [1.807, 2.05) is 27.7 Å². The largest absolute Gasteiger partial charge is 0.499 e. The van der Waals surface area contributed by atoms with E-state index in [1.54, 1.807) is 21.3 Å². The van der Waals surface area contributed by atoms with Crippen LogP contribution in [-0.2, 0) is 26.6 Å². The Labute approximate surface area is 120 Å². The fourth-order valence-electron chi connectivity index (χ4n) is 1.24. The molecule has 0 radical (unpaired) electrons. The van der Waals surface area contributed by atoms with Crippen molar-refractivity contribution in [3.05, 3.63) is 0 Å². The molecule has 0 aliphatic heterocycles. The van der Waals surface area contributed by atoms with Crippen LogP contribution in [0.3, 0.4) is 0 Å². The van der Waals surface area contributed by atoms with Gasteiger partial charge < -0.3 is 26.6 Å². The summed E-state index contributed by atoms with van der Waals surface area (Å²) in [7, 11) is 0.916. The molecule has 0 atom stereocenters. The summed E-state index contributed by atoms with van der Waals surface area (Å²) < 4.78 is 30.9. The summed E-state index contributed by atoms with van der Waals surface area (Å²) in [5.41, 5.74) is 0. The third-order valence-electron chi connectivity index (χ3n) is 2.27. The van der Waals surface area contributed by atoms with Crippen molar-refractivity contribution in [2.75, 3.05) is 41.2 Å². The van der Waals surface area contributed by atoms with Crippen LogP contribution in [0.2, 0.25) is 6.04 Å². The minimum absolute atomic E-state index is 0.677. The SMILES string of the molecule is CCO[SiH](OCC)OCC.CC[Si](OC)(OC)OC. The third-order valence-corrected chi connectivity index (χ3v) is 6.82. The molecule has 0 aromatic heterocycles. The maximum absolute atomic E-state index is 5.22. The van der Waals surface area contributed by atoms with E-state index in [4.69, 9.17) is 26.6 Å². The van der Waals surface area contributed by atoms with Gasteiger partial charge in [-0.1, -0.05) is 6.92 Å². The van der Waals surface area contributed by atoms with Gasteiger partial charge >= 0.3 is 18.3 Å². The molecule has 0 aliphatic carbocycles. The van der Waals surface area contributed by atoms with E-state index in [2.05, 4.69) is 0 Å². The summed E-state index contributed by atoms with van der Waals surface area (Å²) in [6.07, 6.45) is 0. The van der Waals surface area contributed by atoms with E-state index in [0.29, 0.717) is 19.8 Å². The molecule has 0 fully saturated rings. The number of hydrogen-bond donors (Lipinski definition) is 0. The molecule has 0 saturated carbocycles. The Balaban J connectivity index is 0. The molecule has 0 aliphatic rings. The molecule has 0 amide bonds. The zero-order valence-electron chi connectivity index (χ0n) is 13.4. The molecule has 118 valence electrons. The van der Waals surface area contributed by atoms with E-state index < -0.39 is 18.3 Å². The van der Waals surface area contributed by atoms with Crippen molar-refractivity contribution in [2.45, 2.75) is 33.7 Å². The second-order valence-electron chi connectivity index (χ2n) is 3.30. The molecule has 6 nitrogen and oxygen atoms in total.